The molecule has 29 heavy (non-hydrogen) atoms. The van der Waals surface area contributed by atoms with Gasteiger partial charge in [-0.25, -0.2) is 9.97 Å². The topological polar surface area (TPSA) is 94.6 Å². The lowest BCUT2D eigenvalue weighted by Gasteiger charge is -2.45. The minimum absolute atomic E-state index is 0.158. The number of hydrogen-bond donors (Lipinski definition) is 2. The molecule has 8 nitrogen and oxygen atoms in total. The summed E-state index contributed by atoms with van der Waals surface area (Å²) in [5.41, 5.74) is 3.03. The summed E-state index contributed by atoms with van der Waals surface area (Å²) in [7, 11) is 0. The second-order valence-corrected chi connectivity index (χ2v) is 7.51. The fraction of sp³-hybridized carbons (Fsp3) is 0.381. The van der Waals surface area contributed by atoms with Crippen LogP contribution in [0.3, 0.4) is 0 Å². The molecular formula is C21H23N5O3. The van der Waals surface area contributed by atoms with Crippen LogP contribution < -0.4 is 9.80 Å². The Morgan fingerprint density at radius 3 is 3.17 bits per heavy atom. The minimum atomic E-state index is -0.768. The summed E-state index contributed by atoms with van der Waals surface area (Å²) in [6, 6.07) is 8.35. The number of ether oxygens (including phenoxy) is 1. The fourth-order valence-electron chi connectivity index (χ4n) is 4.28. The molecule has 0 bridgehead atoms. The van der Waals surface area contributed by atoms with Crippen molar-refractivity contribution in [1.29, 1.82) is 0 Å². The molecule has 5 rings (SSSR count). The first-order chi connectivity index (χ1) is 14.2. The highest BCUT2D eigenvalue weighted by Gasteiger charge is 2.34. The summed E-state index contributed by atoms with van der Waals surface area (Å²) in [6.45, 7) is 3.59. The molecule has 1 fully saturated rings. The van der Waals surface area contributed by atoms with Crippen molar-refractivity contribution in [1.82, 2.24) is 15.0 Å². The Morgan fingerprint density at radius 2 is 2.28 bits per heavy atom. The van der Waals surface area contributed by atoms with E-state index in [1.54, 1.807) is 0 Å². The van der Waals surface area contributed by atoms with E-state index in [0.29, 0.717) is 32.0 Å². The third-order valence-electron chi connectivity index (χ3n) is 5.68. The molecule has 150 valence electrons. The first kappa shape index (κ1) is 17.9. The second kappa shape index (κ2) is 7.36. The van der Waals surface area contributed by atoms with Gasteiger partial charge >= 0.3 is 5.97 Å². The SMILES string of the molecule is O=C(O)CCCN1CC2COCCN2c2nc(-c3cccc4[nH]ccc34)ncc21. The lowest BCUT2D eigenvalue weighted by atomic mass is 10.1. The molecule has 1 atom stereocenters. The third-order valence-corrected chi connectivity index (χ3v) is 5.68. The molecule has 0 spiro atoms. The molecule has 0 amide bonds. The van der Waals surface area contributed by atoms with Crippen LogP contribution in [0.15, 0.2) is 36.7 Å². The van der Waals surface area contributed by atoms with Gasteiger partial charge in [-0.3, -0.25) is 4.79 Å². The van der Waals surface area contributed by atoms with E-state index in [9.17, 15) is 4.79 Å². The number of fused-ring (bicyclic) bond motifs is 4. The lowest BCUT2D eigenvalue weighted by molar-refractivity contribution is -0.137. The molecular weight excluding hydrogens is 370 g/mol. The van der Waals surface area contributed by atoms with Gasteiger partial charge in [-0.15, -0.1) is 0 Å². The van der Waals surface area contributed by atoms with Crippen molar-refractivity contribution in [2.24, 2.45) is 0 Å². The van der Waals surface area contributed by atoms with Crippen LogP contribution in [0, 0.1) is 0 Å². The van der Waals surface area contributed by atoms with Crippen LogP contribution in [-0.4, -0.2) is 64.9 Å². The van der Waals surface area contributed by atoms with Crippen LogP contribution in [0.1, 0.15) is 12.8 Å². The highest BCUT2D eigenvalue weighted by molar-refractivity contribution is 5.93. The predicted octanol–water partition coefficient (Wildman–Crippen LogP) is 2.51. The summed E-state index contributed by atoms with van der Waals surface area (Å²) >= 11 is 0. The van der Waals surface area contributed by atoms with E-state index in [4.69, 9.17) is 14.8 Å². The Labute approximate surface area is 168 Å². The van der Waals surface area contributed by atoms with Gasteiger partial charge in [-0.05, 0) is 18.6 Å². The average molecular weight is 393 g/mol. The molecule has 0 aliphatic carbocycles. The molecule has 2 aromatic heterocycles. The van der Waals surface area contributed by atoms with E-state index in [1.807, 2.05) is 36.7 Å². The van der Waals surface area contributed by atoms with E-state index in [1.165, 1.54) is 0 Å². The normalized spacial score (nSPS) is 18.6. The minimum Gasteiger partial charge on any atom is -0.481 e. The predicted molar refractivity (Wildman–Crippen MR) is 110 cm³/mol. The smallest absolute Gasteiger partial charge is 0.303 e. The molecule has 3 aromatic rings. The second-order valence-electron chi connectivity index (χ2n) is 7.51. The van der Waals surface area contributed by atoms with Gasteiger partial charge in [0.25, 0.3) is 0 Å². The van der Waals surface area contributed by atoms with Crippen LogP contribution in [0.25, 0.3) is 22.3 Å². The zero-order valence-corrected chi connectivity index (χ0v) is 16.0. The number of carboxylic acid groups (broad SMARTS) is 1. The number of carboxylic acids is 1. The maximum atomic E-state index is 10.9. The highest BCUT2D eigenvalue weighted by Crippen LogP contribution is 2.37. The van der Waals surface area contributed by atoms with Crippen molar-refractivity contribution in [3.8, 4) is 11.4 Å². The summed E-state index contributed by atoms with van der Waals surface area (Å²) in [4.78, 5) is 28.3. The Morgan fingerprint density at radius 1 is 1.34 bits per heavy atom. The highest BCUT2D eigenvalue weighted by atomic mass is 16.5. The maximum Gasteiger partial charge on any atom is 0.303 e. The monoisotopic (exact) mass is 393 g/mol. The number of benzene rings is 1. The summed E-state index contributed by atoms with van der Waals surface area (Å²) < 4.78 is 5.70. The number of anilines is 2. The lowest BCUT2D eigenvalue weighted by Crippen LogP contribution is -2.55. The molecule has 1 aromatic carbocycles. The molecule has 2 N–H and O–H groups in total. The van der Waals surface area contributed by atoms with Crippen LogP contribution >= 0.6 is 0 Å². The number of aromatic nitrogens is 3. The molecule has 1 saturated heterocycles. The van der Waals surface area contributed by atoms with Gasteiger partial charge in [0, 0.05) is 48.7 Å². The first-order valence-corrected chi connectivity index (χ1v) is 9.95. The number of morpholine rings is 1. The van der Waals surface area contributed by atoms with Crippen molar-refractivity contribution < 1.29 is 14.6 Å². The summed E-state index contributed by atoms with van der Waals surface area (Å²) in [6.07, 6.45) is 4.56. The summed E-state index contributed by atoms with van der Waals surface area (Å²) in [5, 5.41) is 10.1. The number of nitrogens with zero attached hydrogens (tertiary/aromatic N) is 4. The fourth-order valence-corrected chi connectivity index (χ4v) is 4.28. The number of nitrogens with one attached hydrogen (secondary N) is 1. The Bertz CT molecular complexity index is 1050. The molecule has 4 heterocycles. The molecule has 0 radical (unpaired) electrons. The maximum absolute atomic E-state index is 10.9. The van der Waals surface area contributed by atoms with Crippen LogP contribution in [0.5, 0.6) is 0 Å². The largest absolute Gasteiger partial charge is 0.481 e. The van der Waals surface area contributed by atoms with Crippen LogP contribution in [-0.2, 0) is 9.53 Å². The van der Waals surface area contributed by atoms with E-state index >= 15 is 0 Å². The van der Waals surface area contributed by atoms with Gasteiger partial charge < -0.3 is 24.6 Å². The van der Waals surface area contributed by atoms with Gasteiger partial charge in [0.15, 0.2) is 11.6 Å². The van der Waals surface area contributed by atoms with Crippen molar-refractivity contribution >= 4 is 28.4 Å². The van der Waals surface area contributed by atoms with Crippen molar-refractivity contribution in [3.63, 3.8) is 0 Å². The average Bonchev–Trinajstić information content (AvgIpc) is 3.22. The van der Waals surface area contributed by atoms with Crippen LogP contribution in [0.4, 0.5) is 11.5 Å². The molecule has 8 heteroatoms. The van der Waals surface area contributed by atoms with Crippen molar-refractivity contribution in [2.45, 2.75) is 18.9 Å². The van der Waals surface area contributed by atoms with Gasteiger partial charge in [0.2, 0.25) is 0 Å². The third kappa shape index (κ3) is 3.29. The zero-order valence-electron chi connectivity index (χ0n) is 16.0. The number of aromatic amines is 1. The van der Waals surface area contributed by atoms with Crippen molar-refractivity contribution in [3.05, 3.63) is 36.7 Å². The zero-order chi connectivity index (χ0) is 19.8. The van der Waals surface area contributed by atoms with E-state index in [0.717, 1.165) is 41.1 Å². The Kier molecular flexibility index (Phi) is 4.55. The van der Waals surface area contributed by atoms with E-state index in [-0.39, 0.29) is 12.5 Å². The van der Waals surface area contributed by atoms with E-state index in [2.05, 4.69) is 19.8 Å². The number of aliphatic carboxylic acids is 1. The quantitative estimate of drug-likeness (QED) is 0.688. The van der Waals surface area contributed by atoms with Gasteiger partial charge in [0.05, 0.1) is 31.1 Å². The van der Waals surface area contributed by atoms with Crippen molar-refractivity contribution in [2.75, 3.05) is 42.6 Å². The summed E-state index contributed by atoms with van der Waals surface area (Å²) in [5.74, 6) is 0.847. The number of hydrogen-bond acceptors (Lipinski definition) is 6. The van der Waals surface area contributed by atoms with Gasteiger partial charge in [0.1, 0.15) is 0 Å². The molecule has 0 saturated carbocycles. The van der Waals surface area contributed by atoms with Crippen LogP contribution in [0.2, 0.25) is 0 Å². The standard InChI is InChI=1S/C21H23N5O3/c27-19(28)5-2-8-25-12-14-13-29-10-9-26(14)21-18(25)11-23-20(24-21)16-3-1-4-17-15(16)6-7-22-17/h1,3-4,6-7,11,14,22H,2,5,8-10,12-13H2,(H,27,28). The molecule has 2 aliphatic rings. The molecule has 1 unspecified atom stereocenters. The number of rotatable bonds is 5. The molecule has 2 aliphatic heterocycles. The first-order valence-electron chi connectivity index (χ1n) is 9.95. The van der Waals surface area contributed by atoms with Gasteiger partial charge in [-0.2, -0.15) is 0 Å². The number of H-pyrrole nitrogens is 1. The van der Waals surface area contributed by atoms with Gasteiger partial charge in [-0.1, -0.05) is 12.1 Å². The Balaban J connectivity index is 1.54. The Hall–Kier alpha value is -3.13. The number of carbonyl (C=O) groups is 1. The van der Waals surface area contributed by atoms with E-state index < -0.39 is 5.97 Å².